The number of anilines is 1. The van der Waals surface area contributed by atoms with Crippen LogP contribution in [0.2, 0.25) is 0 Å². The van der Waals surface area contributed by atoms with E-state index < -0.39 is 16.1 Å². The van der Waals surface area contributed by atoms with Crippen LogP contribution in [0.15, 0.2) is 17.0 Å². The second kappa shape index (κ2) is 9.39. The molecule has 2 aliphatic heterocycles. The molecule has 2 amide bonds. The van der Waals surface area contributed by atoms with Gasteiger partial charge in [0.15, 0.2) is 6.10 Å². The Kier molecular flexibility index (Phi) is 6.76. The smallest absolute Gasteiger partial charge is 0.265 e. The Bertz CT molecular complexity index is 978. The number of fused-ring (bicyclic) bond motifs is 1. The molecule has 0 aromatic heterocycles. The molecule has 2 fully saturated rings. The highest BCUT2D eigenvalue weighted by Crippen LogP contribution is 2.36. The van der Waals surface area contributed by atoms with Crippen molar-refractivity contribution in [1.82, 2.24) is 9.62 Å². The molecule has 32 heavy (non-hydrogen) atoms. The molecule has 1 aliphatic carbocycles. The Balaban J connectivity index is 1.41. The lowest BCUT2D eigenvalue weighted by molar-refractivity contribution is -0.127. The molecule has 1 saturated carbocycles. The van der Waals surface area contributed by atoms with E-state index >= 15 is 0 Å². The van der Waals surface area contributed by atoms with Gasteiger partial charge in [-0.2, -0.15) is 4.31 Å². The van der Waals surface area contributed by atoms with Gasteiger partial charge in [0.2, 0.25) is 15.9 Å². The molecule has 4 rings (SSSR count). The van der Waals surface area contributed by atoms with Gasteiger partial charge < -0.3 is 15.4 Å². The number of benzene rings is 1. The monoisotopic (exact) mass is 463 g/mol. The molecular weight excluding hydrogens is 430 g/mol. The number of piperidine rings is 1. The Morgan fingerprint density at radius 1 is 1.09 bits per heavy atom. The van der Waals surface area contributed by atoms with Crippen LogP contribution in [-0.4, -0.2) is 49.8 Å². The summed E-state index contributed by atoms with van der Waals surface area (Å²) in [6, 6.07) is 3.40. The maximum absolute atomic E-state index is 13.4. The lowest BCUT2D eigenvalue weighted by Crippen LogP contribution is -2.45. The Hall–Kier alpha value is -2.13. The van der Waals surface area contributed by atoms with Crippen LogP contribution in [0.5, 0.6) is 5.75 Å². The van der Waals surface area contributed by atoms with Crippen LogP contribution < -0.4 is 15.4 Å². The summed E-state index contributed by atoms with van der Waals surface area (Å²) in [4.78, 5) is 24.8. The largest absolute Gasteiger partial charge is 0.479 e. The van der Waals surface area contributed by atoms with Gasteiger partial charge in [-0.1, -0.05) is 25.7 Å². The van der Waals surface area contributed by atoms with Crippen molar-refractivity contribution in [2.45, 2.75) is 82.3 Å². The molecule has 176 valence electrons. The number of carbonyl (C=O) groups is 2. The zero-order valence-electron chi connectivity index (χ0n) is 18.9. The molecule has 8 nitrogen and oxygen atoms in total. The molecule has 1 atom stereocenters. The Morgan fingerprint density at radius 3 is 2.41 bits per heavy atom. The normalized spacial score (nSPS) is 23.6. The Labute approximate surface area is 190 Å². The molecule has 1 aromatic carbocycles. The number of nitrogens with zero attached hydrogens (tertiary/aromatic N) is 1. The van der Waals surface area contributed by atoms with Gasteiger partial charge in [0, 0.05) is 31.1 Å². The van der Waals surface area contributed by atoms with E-state index in [4.69, 9.17) is 4.74 Å². The predicted octanol–water partition coefficient (Wildman–Crippen LogP) is 2.95. The minimum absolute atomic E-state index is 0.0667. The fourth-order valence-electron chi connectivity index (χ4n) is 4.86. The summed E-state index contributed by atoms with van der Waals surface area (Å²) in [7, 11) is -3.73. The zero-order chi connectivity index (χ0) is 22.9. The van der Waals surface area contributed by atoms with Crippen molar-refractivity contribution in [2.75, 3.05) is 18.4 Å². The molecule has 2 N–H and O–H groups in total. The van der Waals surface area contributed by atoms with E-state index in [0.717, 1.165) is 25.7 Å². The van der Waals surface area contributed by atoms with Crippen LogP contribution in [0.3, 0.4) is 0 Å². The number of nitrogens with one attached hydrogen (secondary N) is 2. The maximum atomic E-state index is 13.4. The summed E-state index contributed by atoms with van der Waals surface area (Å²) >= 11 is 0. The molecule has 1 aromatic rings. The van der Waals surface area contributed by atoms with Crippen molar-refractivity contribution in [3.63, 3.8) is 0 Å². The van der Waals surface area contributed by atoms with Crippen molar-refractivity contribution in [2.24, 2.45) is 5.92 Å². The van der Waals surface area contributed by atoms with Gasteiger partial charge >= 0.3 is 0 Å². The van der Waals surface area contributed by atoms with E-state index in [1.54, 1.807) is 19.9 Å². The van der Waals surface area contributed by atoms with Crippen LogP contribution in [0.1, 0.15) is 63.9 Å². The summed E-state index contributed by atoms with van der Waals surface area (Å²) in [5.74, 6) is 0.0291. The average molecular weight is 464 g/mol. The number of rotatable bonds is 4. The molecule has 9 heteroatoms. The molecule has 0 unspecified atom stereocenters. The third-order valence-corrected chi connectivity index (χ3v) is 8.89. The van der Waals surface area contributed by atoms with E-state index in [1.807, 2.05) is 0 Å². The minimum Gasteiger partial charge on any atom is -0.479 e. The van der Waals surface area contributed by atoms with Gasteiger partial charge in [0.1, 0.15) is 5.75 Å². The summed E-state index contributed by atoms with van der Waals surface area (Å²) in [5, 5.41) is 5.95. The molecule has 3 aliphatic rings. The van der Waals surface area contributed by atoms with E-state index in [0.29, 0.717) is 42.9 Å². The van der Waals surface area contributed by atoms with E-state index in [9.17, 15) is 18.0 Å². The molecule has 0 spiro atoms. The van der Waals surface area contributed by atoms with Gasteiger partial charge in [-0.05, 0) is 51.2 Å². The lowest BCUT2D eigenvalue weighted by atomic mass is 9.96. The quantitative estimate of drug-likeness (QED) is 0.668. The summed E-state index contributed by atoms with van der Waals surface area (Å²) in [6.07, 6.45) is 7.24. The first-order valence-electron chi connectivity index (χ1n) is 11.7. The fourth-order valence-corrected chi connectivity index (χ4v) is 6.55. The Morgan fingerprint density at radius 2 is 1.75 bits per heavy atom. The second-order valence-corrected chi connectivity index (χ2v) is 11.1. The van der Waals surface area contributed by atoms with E-state index in [2.05, 4.69) is 10.6 Å². The molecule has 0 radical (unpaired) electrons. The number of sulfonamides is 1. The summed E-state index contributed by atoms with van der Waals surface area (Å²) in [5.41, 5.74) is 1.04. The minimum atomic E-state index is -3.73. The number of aryl methyl sites for hydroxylation is 1. The van der Waals surface area contributed by atoms with Crippen molar-refractivity contribution in [3.8, 4) is 5.75 Å². The highest BCUT2D eigenvalue weighted by Gasteiger charge is 2.35. The van der Waals surface area contributed by atoms with Crippen LogP contribution >= 0.6 is 0 Å². The number of hydrogen-bond donors (Lipinski definition) is 2. The molecular formula is C23H33N3O5S. The fraction of sp³-hybridized carbons (Fsp3) is 0.652. The summed E-state index contributed by atoms with van der Waals surface area (Å²) < 4.78 is 33.8. The van der Waals surface area contributed by atoms with Gasteiger partial charge in [0.05, 0.1) is 10.6 Å². The average Bonchev–Trinajstić information content (AvgIpc) is 3.03. The van der Waals surface area contributed by atoms with Crippen LogP contribution in [-0.2, 0) is 19.6 Å². The van der Waals surface area contributed by atoms with Crippen molar-refractivity contribution >= 4 is 27.5 Å². The van der Waals surface area contributed by atoms with Gasteiger partial charge in [0.25, 0.3) is 5.91 Å². The number of hydrogen-bond acceptors (Lipinski definition) is 5. The van der Waals surface area contributed by atoms with Gasteiger partial charge in [-0.25, -0.2) is 8.42 Å². The maximum Gasteiger partial charge on any atom is 0.265 e. The number of ether oxygens (including phenoxy) is 1. The third kappa shape index (κ3) is 4.78. The van der Waals surface area contributed by atoms with Gasteiger partial charge in [-0.3, -0.25) is 9.59 Å². The first-order chi connectivity index (χ1) is 15.3. The first kappa shape index (κ1) is 23.0. The highest BCUT2D eigenvalue weighted by molar-refractivity contribution is 7.89. The lowest BCUT2D eigenvalue weighted by Gasteiger charge is -2.32. The summed E-state index contributed by atoms with van der Waals surface area (Å²) in [6.45, 7) is 3.96. The van der Waals surface area contributed by atoms with Crippen molar-refractivity contribution in [3.05, 3.63) is 17.7 Å². The van der Waals surface area contributed by atoms with Crippen molar-refractivity contribution in [1.29, 1.82) is 0 Å². The number of amides is 2. The SMILES string of the molecule is Cc1cc2c(cc1S(=O)(=O)N1CCC(C(=O)NC3CCCCCC3)CC1)O[C@@H](C)C(=O)N2. The number of carbonyl (C=O) groups excluding carboxylic acids is 2. The van der Waals surface area contributed by atoms with Crippen molar-refractivity contribution < 1.29 is 22.7 Å². The molecule has 1 saturated heterocycles. The van der Waals surface area contributed by atoms with Gasteiger partial charge in [-0.15, -0.1) is 0 Å². The van der Waals surface area contributed by atoms with Crippen LogP contribution in [0, 0.1) is 12.8 Å². The standard InChI is InChI=1S/C23H33N3O5S/c1-15-13-19-20(31-16(2)22(27)25-19)14-21(15)32(29,30)26-11-9-17(10-12-26)23(28)24-18-7-5-3-4-6-8-18/h13-14,16-18H,3-12H2,1-2H3,(H,24,28)(H,25,27)/t16-/m0/s1. The third-order valence-electron chi connectivity index (χ3n) is 6.85. The second-order valence-electron chi connectivity index (χ2n) is 9.24. The molecule has 2 heterocycles. The highest BCUT2D eigenvalue weighted by atomic mass is 32.2. The molecule has 0 bridgehead atoms. The predicted molar refractivity (Wildman–Crippen MR) is 121 cm³/mol. The van der Waals surface area contributed by atoms with Crippen LogP contribution in [0.25, 0.3) is 0 Å². The van der Waals surface area contributed by atoms with E-state index in [1.165, 1.54) is 23.2 Å². The zero-order valence-corrected chi connectivity index (χ0v) is 19.7. The van der Waals surface area contributed by atoms with E-state index in [-0.39, 0.29) is 28.7 Å². The first-order valence-corrected chi connectivity index (χ1v) is 13.1. The van der Waals surface area contributed by atoms with Crippen LogP contribution in [0.4, 0.5) is 5.69 Å². The topological polar surface area (TPSA) is 105 Å².